The molecule has 0 unspecified atom stereocenters. The van der Waals surface area contributed by atoms with Gasteiger partial charge in [-0.05, 0) is 24.5 Å². The summed E-state index contributed by atoms with van der Waals surface area (Å²) in [5.74, 6) is 0. The van der Waals surface area contributed by atoms with E-state index in [0.717, 1.165) is 18.4 Å². The van der Waals surface area contributed by atoms with Gasteiger partial charge in [0.25, 0.3) is 0 Å². The van der Waals surface area contributed by atoms with Gasteiger partial charge in [0.15, 0.2) is 0 Å². The van der Waals surface area contributed by atoms with Crippen LogP contribution in [-0.2, 0) is 5.41 Å². The van der Waals surface area contributed by atoms with E-state index < -0.39 is 0 Å². The van der Waals surface area contributed by atoms with Crippen molar-refractivity contribution in [2.75, 3.05) is 0 Å². The van der Waals surface area contributed by atoms with Crippen LogP contribution in [0.4, 0.5) is 0 Å². The van der Waals surface area contributed by atoms with Crippen molar-refractivity contribution >= 4 is 11.6 Å². The van der Waals surface area contributed by atoms with Gasteiger partial charge in [-0.2, -0.15) is 5.26 Å². The van der Waals surface area contributed by atoms with Crippen LogP contribution in [0.1, 0.15) is 18.4 Å². The minimum Gasteiger partial charge on any atom is -0.263 e. The topological polar surface area (TPSA) is 36.7 Å². The van der Waals surface area contributed by atoms with E-state index in [1.54, 1.807) is 12.4 Å². The largest absolute Gasteiger partial charge is 0.263 e. The molecule has 1 aliphatic carbocycles. The van der Waals surface area contributed by atoms with Gasteiger partial charge in [-0.3, -0.25) is 4.98 Å². The number of pyridine rings is 1. The molecule has 2 nitrogen and oxygen atoms in total. The summed E-state index contributed by atoms with van der Waals surface area (Å²) in [6, 6.07) is 4.13. The van der Waals surface area contributed by atoms with Crippen LogP contribution in [0.3, 0.4) is 0 Å². The Labute approximate surface area is 75.8 Å². The molecule has 1 aromatic heterocycles. The van der Waals surface area contributed by atoms with E-state index in [0.29, 0.717) is 5.02 Å². The zero-order valence-corrected chi connectivity index (χ0v) is 7.17. The Hall–Kier alpha value is -1.07. The lowest BCUT2D eigenvalue weighted by Gasteiger charge is -2.06. The first kappa shape index (κ1) is 7.57. The molecule has 12 heavy (non-hydrogen) atoms. The molecule has 0 N–H and O–H groups in total. The highest BCUT2D eigenvalue weighted by molar-refractivity contribution is 6.31. The quantitative estimate of drug-likeness (QED) is 0.662. The lowest BCUT2D eigenvalue weighted by atomic mass is 9.99. The predicted molar refractivity (Wildman–Crippen MR) is 45.8 cm³/mol. The Balaban J connectivity index is 2.48. The number of hydrogen-bond acceptors (Lipinski definition) is 2. The lowest BCUT2D eigenvalue weighted by Crippen LogP contribution is -2.03. The Morgan fingerprint density at radius 3 is 2.83 bits per heavy atom. The molecular formula is C9H7ClN2. The molecular weight excluding hydrogens is 172 g/mol. The Morgan fingerprint density at radius 1 is 1.58 bits per heavy atom. The number of nitriles is 1. The van der Waals surface area contributed by atoms with E-state index >= 15 is 0 Å². The highest BCUT2D eigenvalue weighted by Crippen LogP contribution is 2.49. The molecule has 1 heterocycles. The Kier molecular flexibility index (Phi) is 1.55. The van der Waals surface area contributed by atoms with Crippen molar-refractivity contribution in [2.45, 2.75) is 18.3 Å². The molecule has 0 saturated heterocycles. The molecule has 1 saturated carbocycles. The predicted octanol–water partition coefficient (Wildman–Crippen LogP) is 2.29. The maximum Gasteiger partial charge on any atom is 0.0839 e. The van der Waals surface area contributed by atoms with Crippen LogP contribution in [0.5, 0.6) is 0 Å². The normalized spacial score (nSPS) is 18.3. The smallest absolute Gasteiger partial charge is 0.0839 e. The number of rotatable bonds is 1. The first-order chi connectivity index (χ1) is 5.78. The fraction of sp³-hybridized carbons (Fsp3) is 0.333. The fourth-order valence-electron chi connectivity index (χ4n) is 1.33. The summed E-state index contributed by atoms with van der Waals surface area (Å²) in [5, 5.41) is 9.51. The summed E-state index contributed by atoms with van der Waals surface area (Å²) in [5.41, 5.74) is 0.640. The molecule has 3 heteroatoms. The number of aromatic nitrogens is 1. The van der Waals surface area contributed by atoms with Gasteiger partial charge in [-0.15, -0.1) is 0 Å². The van der Waals surface area contributed by atoms with Crippen LogP contribution in [-0.4, -0.2) is 4.98 Å². The maximum absolute atomic E-state index is 8.91. The van der Waals surface area contributed by atoms with Crippen molar-refractivity contribution < 1.29 is 0 Å². The summed E-state index contributed by atoms with van der Waals surface area (Å²) in [7, 11) is 0. The second-order valence-corrected chi connectivity index (χ2v) is 3.46. The molecule has 0 radical (unpaired) electrons. The zero-order chi connectivity index (χ0) is 8.60. The molecule has 0 spiro atoms. The Morgan fingerprint density at radius 2 is 2.33 bits per heavy atom. The third-order valence-electron chi connectivity index (χ3n) is 2.25. The Bertz CT molecular complexity index is 350. The molecule has 0 aliphatic heterocycles. The van der Waals surface area contributed by atoms with Crippen LogP contribution < -0.4 is 0 Å². The second-order valence-electron chi connectivity index (χ2n) is 3.05. The van der Waals surface area contributed by atoms with Crippen LogP contribution in [0.15, 0.2) is 18.5 Å². The average Bonchev–Trinajstić information content (AvgIpc) is 2.86. The minimum absolute atomic E-state index is 0.292. The summed E-state index contributed by atoms with van der Waals surface area (Å²) < 4.78 is 0. The third-order valence-corrected chi connectivity index (χ3v) is 2.55. The maximum atomic E-state index is 8.91. The van der Waals surface area contributed by atoms with Gasteiger partial charge < -0.3 is 0 Å². The van der Waals surface area contributed by atoms with Crippen LogP contribution >= 0.6 is 11.6 Å². The van der Waals surface area contributed by atoms with Crippen molar-refractivity contribution in [2.24, 2.45) is 0 Å². The van der Waals surface area contributed by atoms with Gasteiger partial charge >= 0.3 is 0 Å². The van der Waals surface area contributed by atoms with Crippen molar-refractivity contribution in [1.82, 2.24) is 4.98 Å². The van der Waals surface area contributed by atoms with E-state index in [4.69, 9.17) is 16.9 Å². The number of nitrogens with zero attached hydrogens (tertiary/aromatic N) is 2. The van der Waals surface area contributed by atoms with Crippen LogP contribution in [0, 0.1) is 11.3 Å². The summed E-state index contributed by atoms with van der Waals surface area (Å²) >= 11 is 5.91. The molecule has 0 amide bonds. The molecule has 60 valence electrons. The van der Waals surface area contributed by atoms with E-state index in [1.165, 1.54) is 0 Å². The fourth-order valence-corrected chi connectivity index (χ4v) is 1.63. The van der Waals surface area contributed by atoms with E-state index in [9.17, 15) is 0 Å². The molecule has 1 aromatic rings. The van der Waals surface area contributed by atoms with E-state index in [-0.39, 0.29) is 5.41 Å². The van der Waals surface area contributed by atoms with E-state index in [1.807, 2.05) is 6.07 Å². The monoisotopic (exact) mass is 178 g/mol. The SMILES string of the molecule is N#CC1(c2ccncc2Cl)CC1. The van der Waals surface area contributed by atoms with Crippen molar-refractivity contribution in [3.8, 4) is 6.07 Å². The van der Waals surface area contributed by atoms with Crippen LogP contribution in [0.2, 0.25) is 5.02 Å². The molecule has 0 bridgehead atoms. The second kappa shape index (κ2) is 2.46. The van der Waals surface area contributed by atoms with Crippen molar-refractivity contribution in [3.63, 3.8) is 0 Å². The number of hydrogen-bond donors (Lipinski definition) is 0. The first-order valence-electron chi connectivity index (χ1n) is 3.80. The zero-order valence-electron chi connectivity index (χ0n) is 6.42. The van der Waals surface area contributed by atoms with Crippen LogP contribution in [0.25, 0.3) is 0 Å². The standard InChI is InChI=1S/C9H7ClN2/c10-8-5-12-4-1-7(8)9(6-11)2-3-9/h1,4-5H,2-3H2. The molecule has 1 fully saturated rings. The number of halogens is 1. The van der Waals surface area contributed by atoms with Crippen molar-refractivity contribution in [1.29, 1.82) is 5.26 Å². The van der Waals surface area contributed by atoms with Gasteiger partial charge in [-0.25, -0.2) is 0 Å². The molecule has 2 rings (SSSR count). The molecule has 0 atom stereocenters. The summed E-state index contributed by atoms with van der Waals surface area (Å²) in [6.07, 6.45) is 5.12. The first-order valence-corrected chi connectivity index (χ1v) is 4.17. The highest BCUT2D eigenvalue weighted by Gasteiger charge is 2.46. The van der Waals surface area contributed by atoms with Gasteiger partial charge in [0.05, 0.1) is 16.5 Å². The lowest BCUT2D eigenvalue weighted by molar-refractivity contribution is 0.904. The average molecular weight is 179 g/mol. The molecule has 1 aliphatic rings. The highest BCUT2D eigenvalue weighted by atomic mass is 35.5. The van der Waals surface area contributed by atoms with Crippen molar-refractivity contribution in [3.05, 3.63) is 29.0 Å². The van der Waals surface area contributed by atoms with E-state index in [2.05, 4.69) is 11.1 Å². The minimum atomic E-state index is -0.292. The van der Waals surface area contributed by atoms with Gasteiger partial charge in [0.1, 0.15) is 0 Å². The summed E-state index contributed by atoms with van der Waals surface area (Å²) in [4.78, 5) is 3.88. The van der Waals surface area contributed by atoms with Gasteiger partial charge in [0.2, 0.25) is 0 Å². The third kappa shape index (κ3) is 0.981. The van der Waals surface area contributed by atoms with Gasteiger partial charge in [-0.1, -0.05) is 11.6 Å². The summed E-state index contributed by atoms with van der Waals surface area (Å²) in [6.45, 7) is 0. The molecule has 0 aromatic carbocycles. The van der Waals surface area contributed by atoms with Gasteiger partial charge in [0, 0.05) is 12.4 Å².